The third kappa shape index (κ3) is 7.40. The van der Waals surface area contributed by atoms with E-state index in [1.54, 1.807) is 0 Å². The van der Waals surface area contributed by atoms with Gasteiger partial charge >= 0.3 is 0 Å². The first-order valence-electron chi connectivity index (χ1n) is 13.1. The molecule has 4 rings (SSSR count). The number of hydrogen-bond donors (Lipinski definition) is 1. The number of ketones is 1. The van der Waals surface area contributed by atoms with Crippen LogP contribution in [-0.2, 0) is 30.3 Å². The summed E-state index contributed by atoms with van der Waals surface area (Å²) in [7, 11) is 0. The molecule has 38 heavy (non-hydrogen) atoms. The number of aryl methyl sites for hydroxylation is 2. The first-order chi connectivity index (χ1) is 17.3. The second-order valence-corrected chi connectivity index (χ2v) is 11.2. The van der Waals surface area contributed by atoms with Crippen LogP contribution < -0.4 is 0 Å². The number of allylic oxidation sites excluding steroid dienone is 2. The summed E-state index contributed by atoms with van der Waals surface area (Å²) in [5.41, 5.74) is 8.58. The first kappa shape index (κ1) is 31.4. The molecular formula is C34H40IrNO2-. The van der Waals surface area contributed by atoms with Crippen molar-refractivity contribution in [3.05, 3.63) is 88.7 Å². The zero-order valence-electron chi connectivity index (χ0n) is 24.1. The van der Waals surface area contributed by atoms with Crippen molar-refractivity contribution < 1.29 is 30.0 Å². The van der Waals surface area contributed by atoms with Crippen LogP contribution >= 0.6 is 0 Å². The van der Waals surface area contributed by atoms with Gasteiger partial charge in [-0.1, -0.05) is 75.9 Å². The van der Waals surface area contributed by atoms with Gasteiger partial charge in [0.1, 0.15) is 0 Å². The second-order valence-electron chi connectivity index (χ2n) is 11.2. The molecular weight excluding hydrogens is 647 g/mol. The Morgan fingerprint density at radius 1 is 1.08 bits per heavy atom. The third-order valence-electron chi connectivity index (χ3n) is 6.70. The Kier molecular flexibility index (Phi) is 10.6. The van der Waals surface area contributed by atoms with Gasteiger partial charge in [-0.2, -0.15) is 0 Å². The van der Waals surface area contributed by atoms with Crippen molar-refractivity contribution in [3.8, 4) is 11.3 Å². The van der Waals surface area contributed by atoms with Crippen molar-refractivity contribution in [2.75, 3.05) is 0 Å². The summed E-state index contributed by atoms with van der Waals surface area (Å²) in [6, 6.07) is 21.4. The molecule has 1 unspecified atom stereocenters. The van der Waals surface area contributed by atoms with E-state index >= 15 is 0 Å². The van der Waals surface area contributed by atoms with E-state index in [0.29, 0.717) is 5.92 Å². The molecule has 203 valence electrons. The molecule has 1 N–H and O–H groups in total. The number of nitrogens with zero attached hydrogens (tertiary/aromatic N) is 1. The fourth-order valence-electron chi connectivity index (χ4n) is 4.82. The summed E-state index contributed by atoms with van der Waals surface area (Å²) in [6.45, 7) is 18.6. The minimum atomic E-state index is -0.125. The van der Waals surface area contributed by atoms with E-state index in [0.717, 1.165) is 28.6 Å². The average molecular weight is 687 g/mol. The van der Waals surface area contributed by atoms with Crippen molar-refractivity contribution in [1.82, 2.24) is 4.98 Å². The molecule has 0 bridgehead atoms. The van der Waals surface area contributed by atoms with Gasteiger partial charge in [-0.05, 0) is 68.2 Å². The molecule has 1 heterocycles. The molecule has 4 heteroatoms. The molecule has 0 amide bonds. The fourth-order valence-corrected chi connectivity index (χ4v) is 4.82. The van der Waals surface area contributed by atoms with E-state index in [4.69, 9.17) is 10.1 Å². The summed E-state index contributed by atoms with van der Waals surface area (Å²) in [5.74, 6) is 0.422. The molecule has 1 atom stereocenters. The Hall–Kier alpha value is -2.81. The Balaban J connectivity index is 0.000000561. The number of fused-ring (bicyclic) bond motifs is 2. The van der Waals surface area contributed by atoms with Crippen LogP contribution in [0.5, 0.6) is 0 Å². The summed E-state index contributed by atoms with van der Waals surface area (Å²) in [4.78, 5) is 15.2. The molecule has 3 aromatic carbocycles. The number of aromatic nitrogens is 1. The Morgan fingerprint density at radius 2 is 1.74 bits per heavy atom. The van der Waals surface area contributed by atoms with Gasteiger partial charge in [-0.15, -0.1) is 29.1 Å². The predicted octanol–water partition coefficient (Wildman–Crippen LogP) is 9.32. The summed E-state index contributed by atoms with van der Waals surface area (Å²) in [5, 5.41) is 12.1. The standard InChI is InChI=1S/C29H32N.C5H8O2.Ir/c1-8-19(3)24-17-26(30-27-14-18(2)13-20(4)28(24)27)22-15-21-11-9-10-12-23(21)25(16-22)29(5,6)7;1-4(6)3-5(2)7;/h9-14,16-17,19H,8H2,1-7H3;3,6H,1-2H3;/q-1;;/b;4-3-;. The van der Waals surface area contributed by atoms with Crippen LogP contribution in [0.25, 0.3) is 32.9 Å². The van der Waals surface area contributed by atoms with Crippen molar-refractivity contribution >= 4 is 27.5 Å². The number of aliphatic hydroxyl groups excluding tert-OH is 1. The van der Waals surface area contributed by atoms with Crippen molar-refractivity contribution in [2.24, 2.45) is 0 Å². The van der Waals surface area contributed by atoms with Crippen LogP contribution in [0.15, 0.2) is 60.4 Å². The van der Waals surface area contributed by atoms with Gasteiger partial charge in [0.2, 0.25) is 0 Å². The molecule has 1 radical (unpaired) electrons. The Labute approximate surface area is 241 Å². The number of benzene rings is 3. The number of hydrogen-bond acceptors (Lipinski definition) is 3. The van der Waals surface area contributed by atoms with Gasteiger partial charge in [0.05, 0.1) is 11.3 Å². The topological polar surface area (TPSA) is 50.2 Å². The van der Waals surface area contributed by atoms with Gasteiger partial charge in [0.15, 0.2) is 5.78 Å². The van der Waals surface area contributed by atoms with Crippen LogP contribution in [0.4, 0.5) is 0 Å². The number of carbonyl (C=O) groups is 1. The fraction of sp³-hybridized carbons (Fsp3) is 0.353. The first-order valence-corrected chi connectivity index (χ1v) is 13.1. The van der Waals surface area contributed by atoms with E-state index in [-0.39, 0.29) is 37.1 Å². The average Bonchev–Trinajstić information content (AvgIpc) is 2.80. The van der Waals surface area contributed by atoms with Gasteiger partial charge in [-0.25, -0.2) is 0 Å². The summed E-state index contributed by atoms with van der Waals surface area (Å²) in [6.07, 6.45) is 2.28. The molecule has 4 aromatic rings. The van der Waals surface area contributed by atoms with Crippen molar-refractivity contribution in [1.29, 1.82) is 0 Å². The number of pyridine rings is 1. The van der Waals surface area contributed by atoms with Gasteiger partial charge in [0.25, 0.3) is 0 Å². The summed E-state index contributed by atoms with van der Waals surface area (Å²) >= 11 is 0. The molecule has 0 aliphatic carbocycles. The number of aliphatic hydroxyl groups is 1. The van der Waals surface area contributed by atoms with Crippen LogP contribution in [0, 0.1) is 19.9 Å². The maximum absolute atomic E-state index is 10.0. The molecule has 0 fully saturated rings. The molecule has 0 spiro atoms. The minimum absolute atomic E-state index is 0. The normalized spacial score (nSPS) is 12.5. The monoisotopic (exact) mass is 687 g/mol. The van der Waals surface area contributed by atoms with E-state index in [1.807, 2.05) is 0 Å². The molecule has 0 aliphatic rings. The van der Waals surface area contributed by atoms with Crippen LogP contribution in [0.3, 0.4) is 0 Å². The zero-order valence-corrected chi connectivity index (χ0v) is 26.5. The molecule has 1 aromatic heterocycles. The number of rotatable bonds is 4. The van der Waals surface area contributed by atoms with Gasteiger partial charge in [0, 0.05) is 37.3 Å². The van der Waals surface area contributed by atoms with Crippen LogP contribution in [0.1, 0.15) is 83.1 Å². The number of carbonyl (C=O) groups excluding carboxylic acids is 1. The Bertz CT molecular complexity index is 1470. The van der Waals surface area contributed by atoms with Crippen molar-refractivity contribution in [3.63, 3.8) is 0 Å². The Morgan fingerprint density at radius 3 is 2.29 bits per heavy atom. The quantitative estimate of drug-likeness (QED) is 0.132. The van der Waals surface area contributed by atoms with E-state index in [2.05, 4.69) is 103 Å². The third-order valence-corrected chi connectivity index (χ3v) is 6.70. The minimum Gasteiger partial charge on any atom is -0.512 e. The van der Waals surface area contributed by atoms with E-state index in [1.165, 1.54) is 52.9 Å². The summed E-state index contributed by atoms with van der Waals surface area (Å²) < 4.78 is 0. The predicted molar refractivity (Wildman–Crippen MR) is 157 cm³/mol. The van der Waals surface area contributed by atoms with Crippen molar-refractivity contribution in [2.45, 2.75) is 80.1 Å². The molecule has 0 aliphatic heterocycles. The van der Waals surface area contributed by atoms with Crippen LogP contribution in [-0.4, -0.2) is 15.9 Å². The maximum Gasteiger partial charge on any atom is 0.155 e. The van der Waals surface area contributed by atoms with E-state index < -0.39 is 0 Å². The second kappa shape index (κ2) is 12.8. The largest absolute Gasteiger partial charge is 0.512 e. The van der Waals surface area contributed by atoms with E-state index in [9.17, 15) is 4.79 Å². The molecule has 3 nitrogen and oxygen atoms in total. The molecule has 0 saturated heterocycles. The zero-order chi connectivity index (χ0) is 27.5. The van der Waals surface area contributed by atoms with Gasteiger partial charge in [-0.3, -0.25) is 9.78 Å². The SMILES string of the molecule is CC(=O)/C=C(/C)O.CCC(C)c1cc(-c2[c-]c3ccccc3c(C(C)(C)C)c2)nc2cc(C)cc(C)c12.[Ir]. The van der Waals surface area contributed by atoms with Crippen LogP contribution in [0.2, 0.25) is 0 Å². The van der Waals surface area contributed by atoms with Gasteiger partial charge < -0.3 is 5.11 Å². The molecule has 0 saturated carbocycles. The smallest absolute Gasteiger partial charge is 0.155 e. The maximum atomic E-state index is 10.0.